The molecule has 2 aliphatic heterocycles. The number of rotatable bonds is 4. The summed E-state index contributed by atoms with van der Waals surface area (Å²) in [6.07, 6.45) is 6.50. The van der Waals surface area contributed by atoms with Gasteiger partial charge in [0, 0.05) is 30.6 Å². The van der Waals surface area contributed by atoms with Gasteiger partial charge in [-0.15, -0.1) is 0 Å². The normalized spacial score (nSPS) is 22.4. The van der Waals surface area contributed by atoms with Crippen molar-refractivity contribution in [2.24, 2.45) is 0 Å². The second-order valence-corrected chi connectivity index (χ2v) is 6.93. The standard InChI is InChI=1S/C19H26N4O/c1-24-12-16-3-2-10-23(16)15-4-5-17-18(11-15)21-13-22-19(17)14-6-8-20-9-7-14/h4-5,11,13-14,16,20H,2-3,6-10,12H2,1H3/t16-/m1/s1. The molecule has 0 unspecified atom stereocenters. The number of aromatic nitrogens is 2. The highest BCUT2D eigenvalue weighted by molar-refractivity contribution is 5.84. The Labute approximate surface area is 143 Å². The molecule has 0 saturated carbocycles. The second kappa shape index (κ2) is 7.03. The zero-order valence-electron chi connectivity index (χ0n) is 14.4. The summed E-state index contributed by atoms with van der Waals surface area (Å²) in [5.74, 6) is 0.552. The Bertz CT molecular complexity index is 699. The van der Waals surface area contributed by atoms with Crippen molar-refractivity contribution < 1.29 is 4.74 Å². The fourth-order valence-electron chi connectivity index (χ4n) is 4.21. The van der Waals surface area contributed by atoms with E-state index in [9.17, 15) is 0 Å². The van der Waals surface area contributed by atoms with Crippen molar-refractivity contribution in [3.63, 3.8) is 0 Å². The van der Waals surface area contributed by atoms with Gasteiger partial charge in [0.15, 0.2) is 0 Å². The van der Waals surface area contributed by atoms with Crippen molar-refractivity contribution in [2.45, 2.75) is 37.6 Å². The largest absolute Gasteiger partial charge is 0.383 e. The molecule has 0 amide bonds. The van der Waals surface area contributed by atoms with Crippen LogP contribution in [0.15, 0.2) is 24.5 Å². The van der Waals surface area contributed by atoms with Crippen LogP contribution < -0.4 is 10.2 Å². The van der Waals surface area contributed by atoms with Gasteiger partial charge in [-0.2, -0.15) is 0 Å². The lowest BCUT2D eigenvalue weighted by Gasteiger charge is -2.27. The summed E-state index contributed by atoms with van der Waals surface area (Å²) in [5.41, 5.74) is 3.55. The van der Waals surface area contributed by atoms with Crippen LogP contribution in [0.4, 0.5) is 5.69 Å². The Kier molecular flexibility index (Phi) is 4.63. The lowest BCUT2D eigenvalue weighted by Crippen LogP contribution is -2.32. The quantitative estimate of drug-likeness (QED) is 0.936. The number of nitrogens with one attached hydrogen (secondary N) is 1. The highest BCUT2D eigenvalue weighted by Crippen LogP contribution is 2.32. The first kappa shape index (κ1) is 15.8. The molecular formula is C19H26N4O. The van der Waals surface area contributed by atoms with E-state index >= 15 is 0 Å². The minimum Gasteiger partial charge on any atom is -0.383 e. The van der Waals surface area contributed by atoms with Gasteiger partial charge in [0.25, 0.3) is 0 Å². The van der Waals surface area contributed by atoms with Crippen molar-refractivity contribution >= 4 is 16.6 Å². The molecule has 5 nitrogen and oxygen atoms in total. The first-order valence-electron chi connectivity index (χ1n) is 9.08. The highest BCUT2D eigenvalue weighted by atomic mass is 16.5. The third kappa shape index (κ3) is 2.98. The van der Waals surface area contributed by atoms with Crippen LogP contribution in [0.2, 0.25) is 0 Å². The Morgan fingerprint density at radius 1 is 1.21 bits per heavy atom. The summed E-state index contributed by atoms with van der Waals surface area (Å²) in [4.78, 5) is 11.7. The Morgan fingerprint density at radius 2 is 2.08 bits per heavy atom. The fraction of sp³-hybridized carbons (Fsp3) is 0.579. The van der Waals surface area contributed by atoms with Crippen molar-refractivity contribution in [2.75, 3.05) is 38.3 Å². The van der Waals surface area contributed by atoms with Crippen LogP contribution >= 0.6 is 0 Å². The maximum atomic E-state index is 5.39. The number of fused-ring (bicyclic) bond motifs is 1. The molecule has 24 heavy (non-hydrogen) atoms. The van der Waals surface area contributed by atoms with Gasteiger partial charge < -0.3 is 15.0 Å². The third-order valence-corrected chi connectivity index (χ3v) is 5.44. The van der Waals surface area contributed by atoms with Gasteiger partial charge in [-0.3, -0.25) is 0 Å². The molecule has 2 saturated heterocycles. The maximum Gasteiger partial charge on any atom is 0.116 e. The molecule has 0 radical (unpaired) electrons. The van der Waals surface area contributed by atoms with E-state index in [4.69, 9.17) is 4.74 Å². The zero-order chi connectivity index (χ0) is 16.4. The first-order chi connectivity index (χ1) is 11.9. The molecule has 0 spiro atoms. The molecule has 3 heterocycles. The predicted molar refractivity (Wildman–Crippen MR) is 96.6 cm³/mol. The lowest BCUT2D eigenvalue weighted by molar-refractivity contribution is 0.181. The fourth-order valence-corrected chi connectivity index (χ4v) is 4.21. The molecule has 1 aromatic heterocycles. The molecule has 0 aliphatic carbocycles. The summed E-state index contributed by atoms with van der Waals surface area (Å²) in [7, 11) is 1.79. The Morgan fingerprint density at radius 3 is 2.92 bits per heavy atom. The summed E-state index contributed by atoms with van der Waals surface area (Å²) < 4.78 is 5.39. The smallest absolute Gasteiger partial charge is 0.116 e. The van der Waals surface area contributed by atoms with Crippen LogP contribution in [-0.4, -0.2) is 49.4 Å². The van der Waals surface area contributed by atoms with E-state index < -0.39 is 0 Å². The summed E-state index contributed by atoms with van der Waals surface area (Å²) in [6, 6.07) is 7.18. The molecule has 4 rings (SSSR count). The maximum absolute atomic E-state index is 5.39. The number of piperidine rings is 1. The van der Waals surface area contributed by atoms with E-state index in [1.165, 1.54) is 29.6 Å². The summed E-state index contributed by atoms with van der Waals surface area (Å²) in [6.45, 7) is 4.06. The number of hydrogen-bond acceptors (Lipinski definition) is 5. The predicted octanol–water partition coefficient (Wildman–Crippen LogP) is 2.71. The lowest BCUT2D eigenvalue weighted by atomic mass is 9.92. The molecule has 1 N–H and O–H groups in total. The van der Waals surface area contributed by atoms with E-state index in [-0.39, 0.29) is 0 Å². The molecular weight excluding hydrogens is 300 g/mol. The van der Waals surface area contributed by atoms with Gasteiger partial charge in [0.2, 0.25) is 0 Å². The Balaban J connectivity index is 1.66. The van der Waals surface area contributed by atoms with Crippen LogP contribution in [0.3, 0.4) is 0 Å². The van der Waals surface area contributed by atoms with Gasteiger partial charge in [0.05, 0.1) is 23.9 Å². The first-order valence-corrected chi connectivity index (χ1v) is 9.08. The number of benzene rings is 1. The van der Waals surface area contributed by atoms with Gasteiger partial charge in [-0.25, -0.2) is 9.97 Å². The van der Waals surface area contributed by atoms with Crippen LogP contribution in [0.25, 0.3) is 10.9 Å². The molecule has 1 aromatic carbocycles. The van der Waals surface area contributed by atoms with E-state index in [0.717, 1.165) is 44.6 Å². The molecule has 0 bridgehead atoms. The Hall–Kier alpha value is -1.72. The third-order valence-electron chi connectivity index (χ3n) is 5.44. The van der Waals surface area contributed by atoms with E-state index in [0.29, 0.717) is 12.0 Å². The van der Waals surface area contributed by atoms with Crippen LogP contribution in [0.1, 0.15) is 37.3 Å². The minimum atomic E-state index is 0.484. The van der Waals surface area contributed by atoms with Gasteiger partial charge >= 0.3 is 0 Å². The molecule has 2 fully saturated rings. The second-order valence-electron chi connectivity index (χ2n) is 6.93. The molecule has 5 heteroatoms. The van der Waals surface area contributed by atoms with Crippen molar-refractivity contribution in [3.05, 3.63) is 30.2 Å². The minimum absolute atomic E-state index is 0.484. The van der Waals surface area contributed by atoms with Gasteiger partial charge in [-0.05, 0) is 57.0 Å². The van der Waals surface area contributed by atoms with Crippen LogP contribution in [-0.2, 0) is 4.74 Å². The van der Waals surface area contributed by atoms with Crippen molar-refractivity contribution in [1.29, 1.82) is 0 Å². The topological polar surface area (TPSA) is 50.3 Å². The molecule has 2 aliphatic rings. The van der Waals surface area contributed by atoms with Gasteiger partial charge in [0.1, 0.15) is 6.33 Å². The number of nitrogens with zero attached hydrogens (tertiary/aromatic N) is 3. The SMILES string of the molecule is COC[C@H]1CCCN1c1ccc2c(C3CCNCC3)ncnc2c1. The number of hydrogen-bond donors (Lipinski definition) is 1. The zero-order valence-corrected chi connectivity index (χ0v) is 14.4. The summed E-state index contributed by atoms with van der Waals surface area (Å²) in [5, 5.41) is 4.65. The molecule has 128 valence electrons. The van der Waals surface area contributed by atoms with E-state index in [1.807, 2.05) is 0 Å². The highest BCUT2D eigenvalue weighted by Gasteiger charge is 2.25. The van der Waals surface area contributed by atoms with Crippen molar-refractivity contribution in [3.8, 4) is 0 Å². The average Bonchev–Trinajstić information content (AvgIpc) is 3.10. The van der Waals surface area contributed by atoms with Crippen LogP contribution in [0, 0.1) is 0 Å². The number of anilines is 1. The van der Waals surface area contributed by atoms with Gasteiger partial charge in [-0.1, -0.05) is 0 Å². The average molecular weight is 326 g/mol. The summed E-state index contributed by atoms with van der Waals surface area (Å²) >= 11 is 0. The van der Waals surface area contributed by atoms with Crippen molar-refractivity contribution in [1.82, 2.24) is 15.3 Å². The monoisotopic (exact) mass is 326 g/mol. The number of ether oxygens (including phenoxy) is 1. The van der Waals surface area contributed by atoms with Crippen LogP contribution in [0.5, 0.6) is 0 Å². The van der Waals surface area contributed by atoms with E-state index in [2.05, 4.69) is 38.4 Å². The number of methoxy groups -OCH3 is 1. The molecule has 2 aromatic rings. The van der Waals surface area contributed by atoms with E-state index in [1.54, 1.807) is 13.4 Å². The molecule has 1 atom stereocenters.